The summed E-state index contributed by atoms with van der Waals surface area (Å²) in [6, 6.07) is 7.27. The highest BCUT2D eigenvalue weighted by Gasteiger charge is 2.18. The van der Waals surface area contributed by atoms with Crippen LogP contribution in [0.3, 0.4) is 0 Å². The van der Waals surface area contributed by atoms with E-state index in [1.165, 1.54) is 24.5 Å². The molecular formula is C14H14ClNO4S. The molecule has 2 rings (SSSR count). The summed E-state index contributed by atoms with van der Waals surface area (Å²) in [5.41, 5.74) is 0.221. The molecule has 1 atom stereocenters. The van der Waals surface area contributed by atoms with Gasteiger partial charge in [-0.1, -0.05) is 11.6 Å². The molecule has 0 saturated heterocycles. The van der Waals surface area contributed by atoms with Crippen molar-refractivity contribution in [3.8, 4) is 0 Å². The van der Waals surface area contributed by atoms with Crippen LogP contribution in [0, 0.1) is 0 Å². The lowest BCUT2D eigenvalue weighted by atomic mass is 10.2. The van der Waals surface area contributed by atoms with Gasteiger partial charge in [0.1, 0.15) is 5.76 Å². The van der Waals surface area contributed by atoms with Gasteiger partial charge in [-0.2, -0.15) is 0 Å². The number of hydrogen-bond donors (Lipinski definition) is 1. The van der Waals surface area contributed by atoms with Gasteiger partial charge in [-0.15, -0.1) is 0 Å². The van der Waals surface area contributed by atoms with Crippen molar-refractivity contribution in [1.29, 1.82) is 0 Å². The molecule has 0 saturated carbocycles. The second-order valence-corrected chi connectivity index (χ2v) is 7.02. The van der Waals surface area contributed by atoms with E-state index in [0.717, 1.165) is 6.26 Å². The van der Waals surface area contributed by atoms with E-state index in [1.807, 2.05) is 0 Å². The minimum Gasteiger partial charge on any atom is -0.467 e. The lowest BCUT2D eigenvalue weighted by molar-refractivity contribution is 0.0935. The van der Waals surface area contributed by atoms with E-state index in [1.54, 1.807) is 19.1 Å². The second kappa shape index (κ2) is 5.91. The van der Waals surface area contributed by atoms with Crippen molar-refractivity contribution >= 4 is 27.3 Å². The van der Waals surface area contributed by atoms with Gasteiger partial charge in [-0.05, 0) is 37.3 Å². The van der Waals surface area contributed by atoms with Crippen LogP contribution in [0.15, 0.2) is 45.9 Å². The van der Waals surface area contributed by atoms with Crippen LogP contribution in [0.1, 0.15) is 29.1 Å². The molecule has 1 unspecified atom stereocenters. The van der Waals surface area contributed by atoms with Crippen LogP contribution in [0.4, 0.5) is 0 Å². The summed E-state index contributed by atoms with van der Waals surface area (Å²) in [7, 11) is -3.49. The Hall–Kier alpha value is -1.79. The Labute approximate surface area is 127 Å². The molecule has 112 valence electrons. The van der Waals surface area contributed by atoms with Crippen LogP contribution in [-0.2, 0) is 9.84 Å². The molecule has 1 heterocycles. The lowest BCUT2D eigenvalue weighted by Gasteiger charge is -2.12. The van der Waals surface area contributed by atoms with Gasteiger partial charge in [0.2, 0.25) is 0 Å². The number of halogens is 1. The van der Waals surface area contributed by atoms with Gasteiger partial charge in [-0.25, -0.2) is 8.42 Å². The van der Waals surface area contributed by atoms with E-state index in [0.29, 0.717) is 5.76 Å². The van der Waals surface area contributed by atoms with E-state index >= 15 is 0 Å². The Morgan fingerprint density at radius 3 is 2.62 bits per heavy atom. The number of amides is 1. The largest absolute Gasteiger partial charge is 0.467 e. The Bertz CT molecular complexity index is 753. The van der Waals surface area contributed by atoms with Gasteiger partial charge in [0.15, 0.2) is 9.84 Å². The highest BCUT2D eigenvalue weighted by molar-refractivity contribution is 7.90. The summed E-state index contributed by atoms with van der Waals surface area (Å²) < 4.78 is 28.4. The highest BCUT2D eigenvalue weighted by atomic mass is 35.5. The van der Waals surface area contributed by atoms with Crippen molar-refractivity contribution in [2.45, 2.75) is 17.9 Å². The molecule has 0 aliphatic carbocycles. The number of furan rings is 1. The first-order valence-electron chi connectivity index (χ1n) is 6.13. The highest BCUT2D eigenvalue weighted by Crippen LogP contribution is 2.23. The SMILES string of the molecule is CC(NC(=O)c1ccc(Cl)c(S(C)(=O)=O)c1)c1ccco1. The maximum Gasteiger partial charge on any atom is 0.251 e. The molecule has 0 spiro atoms. The predicted molar refractivity (Wildman–Crippen MR) is 79.2 cm³/mol. The lowest BCUT2D eigenvalue weighted by Crippen LogP contribution is -2.26. The number of carbonyl (C=O) groups is 1. The molecule has 7 heteroatoms. The van der Waals surface area contributed by atoms with Crippen molar-refractivity contribution < 1.29 is 17.6 Å². The number of benzene rings is 1. The molecule has 5 nitrogen and oxygen atoms in total. The molecule has 0 radical (unpaired) electrons. The van der Waals surface area contributed by atoms with Crippen LogP contribution in [0.25, 0.3) is 0 Å². The summed E-state index contributed by atoms with van der Waals surface area (Å²) in [5.74, 6) is 0.209. The molecule has 1 aromatic heterocycles. The Balaban J connectivity index is 2.24. The van der Waals surface area contributed by atoms with Crippen LogP contribution in [-0.4, -0.2) is 20.6 Å². The fourth-order valence-electron chi connectivity index (χ4n) is 1.82. The van der Waals surface area contributed by atoms with Crippen LogP contribution >= 0.6 is 11.6 Å². The van der Waals surface area contributed by atoms with Crippen LogP contribution in [0.2, 0.25) is 5.02 Å². The zero-order chi connectivity index (χ0) is 15.6. The molecule has 0 aliphatic rings. The topological polar surface area (TPSA) is 76.4 Å². The predicted octanol–water partition coefficient (Wildman–Crippen LogP) is 2.83. The first kappa shape index (κ1) is 15.6. The maximum atomic E-state index is 12.2. The second-order valence-electron chi connectivity index (χ2n) is 4.63. The first-order chi connectivity index (χ1) is 9.79. The number of rotatable bonds is 4. The molecule has 2 aromatic rings. The molecular weight excluding hydrogens is 314 g/mol. The van der Waals surface area contributed by atoms with Gasteiger partial charge in [0, 0.05) is 11.8 Å². The van der Waals surface area contributed by atoms with Gasteiger partial charge >= 0.3 is 0 Å². The summed E-state index contributed by atoms with van der Waals surface area (Å²) in [4.78, 5) is 12.1. The monoisotopic (exact) mass is 327 g/mol. The minimum atomic E-state index is -3.49. The van der Waals surface area contributed by atoms with E-state index in [4.69, 9.17) is 16.0 Å². The molecule has 1 amide bonds. The third kappa shape index (κ3) is 3.65. The van der Waals surface area contributed by atoms with Crippen LogP contribution in [0.5, 0.6) is 0 Å². The standard InChI is InChI=1S/C14H14ClNO4S/c1-9(12-4-3-7-20-12)16-14(17)10-5-6-11(15)13(8-10)21(2,18)19/h3-9H,1-2H3,(H,16,17). The fourth-order valence-corrected chi connectivity index (χ4v) is 3.12. The maximum absolute atomic E-state index is 12.2. The van der Waals surface area contributed by atoms with Crippen LogP contribution < -0.4 is 5.32 Å². The van der Waals surface area contributed by atoms with Gasteiger partial charge < -0.3 is 9.73 Å². The number of hydrogen-bond acceptors (Lipinski definition) is 4. The van der Waals surface area contributed by atoms with Crippen molar-refractivity contribution in [3.05, 3.63) is 52.9 Å². The Morgan fingerprint density at radius 2 is 2.05 bits per heavy atom. The zero-order valence-corrected chi connectivity index (χ0v) is 13.0. The van der Waals surface area contributed by atoms with Gasteiger partial charge in [-0.3, -0.25) is 4.79 Å². The van der Waals surface area contributed by atoms with Crippen molar-refractivity contribution in [2.75, 3.05) is 6.26 Å². The smallest absolute Gasteiger partial charge is 0.251 e. The number of carbonyl (C=O) groups excluding carboxylic acids is 1. The van der Waals surface area contributed by atoms with E-state index in [9.17, 15) is 13.2 Å². The van der Waals surface area contributed by atoms with Crippen molar-refractivity contribution in [1.82, 2.24) is 5.32 Å². The molecule has 0 fully saturated rings. The molecule has 0 aliphatic heterocycles. The zero-order valence-electron chi connectivity index (χ0n) is 11.5. The van der Waals surface area contributed by atoms with E-state index in [-0.39, 0.29) is 21.5 Å². The Morgan fingerprint density at radius 1 is 1.33 bits per heavy atom. The van der Waals surface area contributed by atoms with E-state index < -0.39 is 15.7 Å². The summed E-state index contributed by atoms with van der Waals surface area (Å²) in [6.45, 7) is 1.77. The third-order valence-corrected chi connectivity index (χ3v) is 4.49. The fraction of sp³-hybridized carbons (Fsp3) is 0.214. The minimum absolute atomic E-state index is 0.0672. The molecule has 1 aromatic carbocycles. The average Bonchev–Trinajstić information content (AvgIpc) is 2.91. The molecule has 21 heavy (non-hydrogen) atoms. The number of nitrogens with one attached hydrogen (secondary N) is 1. The summed E-state index contributed by atoms with van der Waals surface area (Å²) in [5, 5.41) is 2.82. The van der Waals surface area contributed by atoms with Gasteiger partial charge in [0.25, 0.3) is 5.91 Å². The first-order valence-corrected chi connectivity index (χ1v) is 8.40. The van der Waals surface area contributed by atoms with Gasteiger partial charge in [0.05, 0.1) is 22.2 Å². The quantitative estimate of drug-likeness (QED) is 0.936. The third-order valence-electron chi connectivity index (χ3n) is 2.91. The average molecular weight is 328 g/mol. The van der Waals surface area contributed by atoms with E-state index in [2.05, 4.69) is 5.32 Å². The summed E-state index contributed by atoms with van der Waals surface area (Å²) >= 11 is 5.85. The Kier molecular flexibility index (Phi) is 4.39. The molecule has 0 bridgehead atoms. The number of sulfone groups is 1. The van der Waals surface area contributed by atoms with Crippen molar-refractivity contribution in [2.24, 2.45) is 0 Å². The molecule has 1 N–H and O–H groups in total. The normalized spacial score (nSPS) is 12.9. The summed E-state index contributed by atoms with van der Waals surface area (Å²) in [6.07, 6.45) is 2.56. The van der Waals surface area contributed by atoms with Crippen molar-refractivity contribution in [3.63, 3.8) is 0 Å².